The number of hydrogen-bond acceptors (Lipinski definition) is 3. The zero-order valence-corrected chi connectivity index (χ0v) is 26.1. The van der Waals surface area contributed by atoms with E-state index in [-0.39, 0.29) is 21.6 Å². The summed E-state index contributed by atoms with van der Waals surface area (Å²) in [7, 11) is -6.23. The van der Waals surface area contributed by atoms with E-state index in [1.807, 2.05) is 0 Å². The summed E-state index contributed by atoms with van der Waals surface area (Å²) in [6.45, 7) is 30.6. The molecule has 3 aliphatic heterocycles. The van der Waals surface area contributed by atoms with Gasteiger partial charge < -0.3 is 14.2 Å². The first-order valence-corrected chi connectivity index (χ1v) is 23.0. The molecule has 6 heteroatoms. The lowest BCUT2D eigenvalue weighted by Crippen LogP contribution is -2.82. The van der Waals surface area contributed by atoms with Crippen molar-refractivity contribution in [3.05, 3.63) is 36.8 Å². The van der Waals surface area contributed by atoms with Crippen LogP contribution in [0.3, 0.4) is 0 Å². The average Bonchev–Trinajstić information content (AvgIpc) is 2.85. The van der Waals surface area contributed by atoms with Gasteiger partial charge in [-0.25, -0.2) is 0 Å². The van der Waals surface area contributed by atoms with Crippen molar-refractivity contribution in [2.24, 2.45) is 5.92 Å². The second-order valence-electron chi connectivity index (χ2n) is 12.8. The van der Waals surface area contributed by atoms with Gasteiger partial charge in [0.1, 0.15) is 24.2 Å². The normalized spacial score (nSPS) is 34.8. The Bertz CT molecular complexity index is 640. The van der Waals surface area contributed by atoms with Crippen molar-refractivity contribution < 1.29 is 14.2 Å². The maximum Gasteiger partial charge on any atom is 0.109 e. The van der Waals surface area contributed by atoms with Crippen molar-refractivity contribution in [2.75, 3.05) is 19.8 Å². The summed E-state index contributed by atoms with van der Waals surface area (Å²) in [6, 6.07) is 0. The molecule has 3 saturated heterocycles. The SMILES string of the molecule is C=C[Si](C)(C)C1(C(C2([Si](C)(C)C=C)CCCCO2)C2([Si](C)(C)C=C)CCCCO2)CCCCO1. The summed E-state index contributed by atoms with van der Waals surface area (Å²) >= 11 is 0. The molecule has 0 radical (unpaired) electrons. The minimum Gasteiger partial charge on any atom is -0.378 e. The van der Waals surface area contributed by atoms with Crippen LogP contribution in [0.15, 0.2) is 36.8 Å². The van der Waals surface area contributed by atoms with Crippen LogP contribution in [0, 0.1) is 5.92 Å². The van der Waals surface area contributed by atoms with E-state index in [9.17, 15) is 0 Å². The van der Waals surface area contributed by atoms with Crippen LogP contribution in [-0.2, 0) is 14.2 Å². The second-order valence-corrected chi connectivity index (χ2v) is 26.9. The monoisotopic (exact) mass is 520 g/mol. The molecule has 0 amide bonds. The van der Waals surface area contributed by atoms with E-state index >= 15 is 0 Å². The zero-order chi connectivity index (χ0) is 25.3. The highest BCUT2D eigenvalue weighted by Gasteiger charge is 2.72. The van der Waals surface area contributed by atoms with Gasteiger partial charge in [0.25, 0.3) is 0 Å². The third kappa shape index (κ3) is 4.28. The smallest absolute Gasteiger partial charge is 0.109 e. The molecule has 3 heterocycles. The van der Waals surface area contributed by atoms with E-state index in [0.717, 1.165) is 58.3 Å². The van der Waals surface area contributed by atoms with Gasteiger partial charge in [-0.05, 0) is 57.8 Å². The van der Waals surface area contributed by atoms with Crippen LogP contribution in [0.1, 0.15) is 57.8 Å². The van der Waals surface area contributed by atoms with Crippen molar-refractivity contribution in [1.29, 1.82) is 0 Å². The first kappa shape index (κ1) is 28.3. The Labute approximate surface area is 213 Å². The number of rotatable bonds is 9. The van der Waals surface area contributed by atoms with Crippen molar-refractivity contribution in [3.63, 3.8) is 0 Å². The lowest BCUT2D eigenvalue weighted by Gasteiger charge is -2.68. The molecule has 3 rings (SSSR count). The molecule has 3 unspecified atom stereocenters. The third-order valence-electron chi connectivity index (χ3n) is 10.1. The van der Waals surface area contributed by atoms with E-state index in [1.165, 1.54) is 19.3 Å². The van der Waals surface area contributed by atoms with Crippen LogP contribution in [-0.4, -0.2) is 59.7 Å². The first-order chi connectivity index (χ1) is 15.9. The van der Waals surface area contributed by atoms with Gasteiger partial charge in [-0.1, -0.05) is 56.4 Å². The third-order valence-corrected chi connectivity index (χ3v) is 21.8. The maximum atomic E-state index is 7.23. The summed E-state index contributed by atoms with van der Waals surface area (Å²) in [5.74, 6) is 0.174. The van der Waals surface area contributed by atoms with Gasteiger partial charge in [-0.3, -0.25) is 0 Å². The topological polar surface area (TPSA) is 27.7 Å². The lowest BCUT2D eigenvalue weighted by molar-refractivity contribution is -0.211. The van der Waals surface area contributed by atoms with Gasteiger partial charge in [0, 0.05) is 25.7 Å². The van der Waals surface area contributed by atoms with E-state index < -0.39 is 24.2 Å². The van der Waals surface area contributed by atoms with Crippen LogP contribution in [0.4, 0.5) is 0 Å². The van der Waals surface area contributed by atoms with Gasteiger partial charge in [0.05, 0.1) is 15.7 Å². The molecule has 0 bridgehead atoms. The summed E-state index contributed by atoms with van der Waals surface area (Å²) in [5, 5.41) is -0.785. The highest BCUT2D eigenvalue weighted by atomic mass is 28.3. The first-order valence-electron chi connectivity index (χ1n) is 13.7. The van der Waals surface area contributed by atoms with Gasteiger partial charge >= 0.3 is 0 Å². The van der Waals surface area contributed by atoms with Crippen LogP contribution in [0.25, 0.3) is 0 Å². The van der Waals surface area contributed by atoms with Gasteiger partial charge in [0.15, 0.2) is 0 Å². The molecule has 0 saturated carbocycles. The minimum absolute atomic E-state index is 0.174. The molecular weight excluding hydrogens is 469 g/mol. The van der Waals surface area contributed by atoms with Crippen molar-refractivity contribution in [1.82, 2.24) is 0 Å². The molecule has 3 nitrogen and oxygen atoms in total. The quantitative estimate of drug-likeness (QED) is 0.298. The van der Waals surface area contributed by atoms with Crippen LogP contribution in [0.5, 0.6) is 0 Å². The van der Waals surface area contributed by atoms with Gasteiger partial charge in [-0.15, -0.1) is 19.7 Å². The fourth-order valence-electron chi connectivity index (χ4n) is 7.42. The molecule has 0 aromatic carbocycles. The Hall–Kier alpha value is -0.249. The second kappa shape index (κ2) is 10.3. The van der Waals surface area contributed by atoms with Crippen molar-refractivity contribution >= 4 is 24.2 Å². The van der Waals surface area contributed by atoms with E-state index in [4.69, 9.17) is 14.2 Å². The molecule has 0 N–H and O–H groups in total. The average molecular weight is 521 g/mol. The molecule has 194 valence electrons. The standard InChI is InChI=1S/C28H52O3Si3/c1-10-32(4,5)26(19-13-16-22-29-26)25(27(33(6,7)11-2)20-14-17-23-30-27)28(34(8,9)12-3)21-15-18-24-31-28/h10-12,25H,1-3,13-24H2,4-9H3. The van der Waals surface area contributed by atoms with E-state index in [1.54, 1.807) is 0 Å². The predicted octanol–water partition coefficient (Wildman–Crippen LogP) is 7.34. The Balaban J connectivity index is 2.45. The predicted molar refractivity (Wildman–Crippen MR) is 154 cm³/mol. The molecule has 0 aromatic rings. The van der Waals surface area contributed by atoms with E-state index in [2.05, 4.69) is 76.1 Å². The van der Waals surface area contributed by atoms with Crippen molar-refractivity contribution in [3.8, 4) is 0 Å². The molecule has 3 aliphatic rings. The molecule has 0 aliphatic carbocycles. The largest absolute Gasteiger partial charge is 0.378 e. The molecular formula is C28H52O3Si3. The summed E-state index contributed by atoms with van der Waals surface area (Å²) in [4.78, 5) is 0. The number of ether oxygens (including phenoxy) is 3. The number of hydrogen-bond donors (Lipinski definition) is 0. The summed E-state index contributed by atoms with van der Waals surface area (Å²) in [5.41, 5.74) is 6.88. The molecule has 34 heavy (non-hydrogen) atoms. The Morgan fingerprint density at radius 1 is 0.529 bits per heavy atom. The van der Waals surface area contributed by atoms with E-state index in [0.29, 0.717) is 0 Å². The minimum atomic E-state index is -2.08. The molecule has 3 atom stereocenters. The van der Waals surface area contributed by atoms with Crippen LogP contribution in [0.2, 0.25) is 39.3 Å². The summed E-state index contributed by atoms with van der Waals surface area (Å²) in [6.07, 6.45) is 10.3. The maximum absolute atomic E-state index is 7.23. The Morgan fingerprint density at radius 2 is 0.794 bits per heavy atom. The molecule has 0 spiro atoms. The Morgan fingerprint density at radius 3 is 0.971 bits per heavy atom. The molecule has 3 fully saturated rings. The highest BCUT2D eigenvalue weighted by molar-refractivity contribution is 6.88. The van der Waals surface area contributed by atoms with Gasteiger partial charge in [-0.2, -0.15) is 0 Å². The highest BCUT2D eigenvalue weighted by Crippen LogP contribution is 2.60. The lowest BCUT2D eigenvalue weighted by atomic mass is 9.78. The summed E-state index contributed by atoms with van der Waals surface area (Å²) < 4.78 is 21.7. The van der Waals surface area contributed by atoms with Gasteiger partial charge in [0.2, 0.25) is 0 Å². The zero-order valence-electron chi connectivity index (χ0n) is 23.1. The Kier molecular flexibility index (Phi) is 8.54. The molecule has 0 aromatic heterocycles. The van der Waals surface area contributed by atoms with Crippen LogP contribution < -0.4 is 0 Å². The van der Waals surface area contributed by atoms with Crippen LogP contribution >= 0.6 is 0 Å². The van der Waals surface area contributed by atoms with Crippen molar-refractivity contribution in [2.45, 2.75) is 113 Å². The fraction of sp³-hybridized carbons (Fsp3) is 0.786. The fourth-order valence-corrected chi connectivity index (χ4v) is 16.4.